The average molecular weight is 298 g/mol. The van der Waals surface area contributed by atoms with Crippen LogP contribution in [0.1, 0.15) is 30.5 Å². The number of rotatable bonds is 2. The lowest BCUT2D eigenvalue weighted by molar-refractivity contribution is -0.130. The quantitative estimate of drug-likeness (QED) is 0.925. The van der Waals surface area contributed by atoms with Crippen molar-refractivity contribution in [2.75, 3.05) is 0 Å². The molecule has 4 nitrogen and oxygen atoms in total. The maximum absolute atomic E-state index is 13.1. The molecule has 22 heavy (non-hydrogen) atoms. The third kappa shape index (κ3) is 2.57. The molecule has 1 heterocycles. The van der Waals surface area contributed by atoms with Crippen LogP contribution in [-0.4, -0.2) is 21.7 Å². The van der Waals surface area contributed by atoms with E-state index in [4.69, 9.17) is 0 Å². The number of phenols is 1. The summed E-state index contributed by atoms with van der Waals surface area (Å²) in [6, 6.07) is 12.6. The van der Waals surface area contributed by atoms with E-state index in [-0.39, 0.29) is 23.5 Å². The van der Waals surface area contributed by atoms with Gasteiger partial charge in [0.15, 0.2) is 0 Å². The number of halogens is 1. The van der Waals surface area contributed by atoms with Gasteiger partial charge in [-0.3, -0.25) is 4.79 Å². The van der Waals surface area contributed by atoms with E-state index in [0.717, 1.165) is 5.56 Å². The minimum absolute atomic E-state index is 0.129. The van der Waals surface area contributed by atoms with E-state index in [1.54, 1.807) is 36.4 Å². The Kier molecular flexibility index (Phi) is 3.63. The van der Waals surface area contributed by atoms with Gasteiger partial charge in [0.2, 0.25) is 5.91 Å². The number of phenolic OH excluding ortho intramolecular Hbond substituents is 1. The number of hydrogen-bond donors (Lipinski definition) is 1. The first-order valence-corrected chi connectivity index (χ1v) is 6.97. The molecule has 0 saturated heterocycles. The normalized spacial score (nSPS) is 17.5. The Bertz CT molecular complexity index is 741. The molecule has 1 atom stereocenters. The molecule has 1 aliphatic heterocycles. The third-order valence-electron chi connectivity index (χ3n) is 3.70. The van der Waals surface area contributed by atoms with Gasteiger partial charge in [-0.05, 0) is 29.8 Å². The van der Waals surface area contributed by atoms with Crippen LogP contribution in [0.15, 0.2) is 53.6 Å². The number of carbonyl (C=O) groups excluding carboxylic acids is 1. The molecule has 112 valence electrons. The first-order chi connectivity index (χ1) is 10.6. The van der Waals surface area contributed by atoms with E-state index in [1.807, 2.05) is 0 Å². The number of hydrogen-bond acceptors (Lipinski definition) is 3. The van der Waals surface area contributed by atoms with E-state index >= 15 is 0 Å². The van der Waals surface area contributed by atoms with Gasteiger partial charge in [0.1, 0.15) is 11.6 Å². The molecule has 1 N–H and O–H groups in total. The highest BCUT2D eigenvalue weighted by Gasteiger charge is 2.32. The summed E-state index contributed by atoms with van der Waals surface area (Å²) in [5.41, 5.74) is 2.06. The lowest BCUT2D eigenvalue weighted by Crippen LogP contribution is -2.24. The van der Waals surface area contributed by atoms with Crippen LogP contribution in [0.4, 0.5) is 4.39 Å². The Morgan fingerprint density at radius 2 is 1.91 bits per heavy atom. The molecule has 1 aliphatic rings. The van der Waals surface area contributed by atoms with Crippen LogP contribution in [0.3, 0.4) is 0 Å². The fraction of sp³-hybridized carbons (Fsp3) is 0.176. The Hall–Kier alpha value is -2.69. The van der Waals surface area contributed by atoms with Gasteiger partial charge in [-0.1, -0.05) is 24.3 Å². The lowest BCUT2D eigenvalue weighted by atomic mass is 9.98. The van der Waals surface area contributed by atoms with Crippen molar-refractivity contribution >= 4 is 11.6 Å². The molecular weight excluding hydrogens is 283 g/mol. The predicted octanol–water partition coefficient (Wildman–Crippen LogP) is 3.23. The highest BCUT2D eigenvalue weighted by Crippen LogP contribution is 2.34. The van der Waals surface area contributed by atoms with Crippen LogP contribution in [0.25, 0.3) is 0 Å². The molecule has 0 fully saturated rings. The van der Waals surface area contributed by atoms with Crippen molar-refractivity contribution in [1.29, 1.82) is 0 Å². The summed E-state index contributed by atoms with van der Waals surface area (Å²) in [7, 11) is 0. The monoisotopic (exact) mass is 298 g/mol. The zero-order chi connectivity index (χ0) is 15.7. The summed E-state index contributed by atoms with van der Waals surface area (Å²) in [4.78, 5) is 11.8. The maximum atomic E-state index is 13.1. The van der Waals surface area contributed by atoms with Gasteiger partial charge in [-0.25, -0.2) is 9.40 Å². The van der Waals surface area contributed by atoms with Crippen molar-refractivity contribution in [2.24, 2.45) is 5.10 Å². The van der Waals surface area contributed by atoms with E-state index in [1.165, 1.54) is 24.1 Å². The number of aromatic hydroxyl groups is 1. The molecule has 2 aromatic carbocycles. The van der Waals surface area contributed by atoms with Crippen LogP contribution >= 0.6 is 0 Å². The second kappa shape index (κ2) is 5.60. The summed E-state index contributed by atoms with van der Waals surface area (Å²) in [5, 5.41) is 15.7. The largest absolute Gasteiger partial charge is 0.507 e. The first kappa shape index (κ1) is 14.3. The predicted molar refractivity (Wildman–Crippen MR) is 80.9 cm³/mol. The number of amides is 1. The van der Waals surface area contributed by atoms with Crippen LogP contribution in [-0.2, 0) is 4.79 Å². The highest BCUT2D eigenvalue weighted by molar-refractivity contribution is 6.05. The minimum atomic E-state index is -0.321. The topological polar surface area (TPSA) is 52.9 Å². The number of hydrazone groups is 1. The van der Waals surface area contributed by atoms with Gasteiger partial charge in [0, 0.05) is 18.9 Å². The molecule has 0 spiro atoms. The van der Waals surface area contributed by atoms with Crippen LogP contribution in [0.2, 0.25) is 0 Å². The van der Waals surface area contributed by atoms with Crippen molar-refractivity contribution in [2.45, 2.75) is 19.4 Å². The molecular formula is C17H15FN2O2. The van der Waals surface area contributed by atoms with Crippen molar-refractivity contribution in [1.82, 2.24) is 5.01 Å². The molecule has 0 aliphatic carbocycles. The Balaban J connectivity index is 1.96. The summed E-state index contributed by atoms with van der Waals surface area (Å²) in [6.45, 7) is 1.44. The Morgan fingerprint density at radius 3 is 2.55 bits per heavy atom. The minimum Gasteiger partial charge on any atom is -0.507 e. The number of benzene rings is 2. The number of nitrogens with zero attached hydrogens (tertiary/aromatic N) is 2. The molecule has 0 radical (unpaired) electrons. The molecule has 2 aromatic rings. The van der Waals surface area contributed by atoms with E-state index in [9.17, 15) is 14.3 Å². The van der Waals surface area contributed by atoms with Gasteiger partial charge in [-0.2, -0.15) is 5.10 Å². The van der Waals surface area contributed by atoms with Crippen LogP contribution in [0.5, 0.6) is 5.75 Å². The highest BCUT2D eigenvalue weighted by atomic mass is 19.1. The lowest BCUT2D eigenvalue weighted by Gasteiger charge is -2.20. The second-order valence-corrected chi connectivity index (χ2v) is 5.20. The first-order valence-electron chi connectivity index (χ1n) is 6.97. The van der Waals surface area contributed by atoms with Gasteiger partial charge in [0.25, 0.3) is 0 Å². The van der Waals surface area contributed by atoms with Gasteiger partial charge < -0.3 is 5.11 Å². The second-order valence-electron chi connectivity index (χ2n) is 5.20. The van der Waals surface area contributed by atoms with E-state index < -0.39 is 0 Å². The van der Waals surface area contributed by atoms with Crippen molar-refractivity contribution in [3.05, 3.63) is 65.5 Å². The molecule has 1 amide bonds. The SMILES string of the molecule is CC(=O)N1N=C(c2ccccc2O)C[C@H]1c1ccc(F)cc1. The zero-order valence-corrected chi connectivity index (χ0v) is 12.0. The summed E-state index contributed by atoms with van der Waals surface area (Å²) in [6.07, 6.45) is 0.475. The molecule has 0 aromatic heterocycles. The Labute approximate surface area is 127 Å². The fourth-order valence-electron chi connectivity index (χ4n) is 2.63. The Morgan fingerprint density at radius 1 is 1.23 bits per heavy atom. The van der Waals surface area contributed by atoms with Crippen molar-refractivity contribution in [3.63, 3.8) is 0 Å². The van der Waals surface area contributed by atoms with Crippen LogP contribution in [0, 0.1) is 5.82 Å². The summed E-state index contributed by atoms with van der Waals surface area (Å²) in [5.74, 6) is -0.387. The van der Waals surface area contributed by atoms with Crippen molar-refractivity contribution < 1.29 is 14.3 Å². The fourth-order valence-corrected chi connectivity index (χ4v) is 2.63. The van der Waals surface area contributed by atoms with E-state index in [0.29, 0.717) is 17.7 Å². The van der Waals surface area contributed by atoms with Gasteiger partial charge >= 0.3 is 0 Å². The summed E-state index contributed by atoms with van der Waals surface area (Å²) < 4.78 is 13.1. The summed E-state index contributed by atoms with van der Waals surface area (Å²) >= 11 is 0. The molecule has 0 saturated carbocycles. The third-order valence-corrected chi connectivity index (χ3v) is 3.70. The van der Waals surface area contributed by atoms with Crippen molar-refractivity contribution in [3.8, 4) is 5.75 Å². The standard InChI is InChI=1S/C17H15FN2O2/c1-11(21)20-16(12-6-8-13(18)9-7-12)10-15(19-20)14-4-2-3-5-17(14)22/h2-9,16,22H,10H2,1H3/t16-/m0/s1. The average Bonchev–Trinajstić information content (AvgIpc) is 2.93. The van der Waals surface area contributed by atoms with E-state index in [2.05, 4.69) is 5.10 Å². The number of carbonyl (C=O) groups is 1. The van der Waals surface area contributed by atoms with Gasteiger partial charge in [-0.15, -0.1) is 0 Å². The zero-order valence-electron chi connectivity index (χ0n) is 12.0. The molecule has 0 bridgehead atoms. The smallest absolute Gasteiger partial charge is 0.240 e. The molecule has 3 rings (SSSR count). The molecule has 0 unspecified atom stereocenters. The van der Waals surface area contributed by atoms with Crippen LogP contribution < -0.4 is 0 Å². The van der Waals surface area contributed by atoms with Gasteiger partial charge in [0.05, 0.1) is 11.8 Å². The number of para-hydroxylation sites is 1. The maximum Gasteiger partial charge on any atom is 0.240 e. The molecule has 5 heteroatoms.